The summed E-state index contributed by atoms with van der Waals surface area (Å²) >= 11 is 1.35. The fourth-order valence-electron chi connectivity index (χ4n) is 4.81. The number of nitrogens with zero attached hydrogens (tertiary/aromatic N) is 7. The van der Waals surface area contributed by atoms with Gasteiger partial charge in [-0.2, -0.15) is 5.10 Å². The van der Waals surface area contributed by atoms with Crippen molar-refractivity contribution in [2.45, 2.75) is 26.3 Å². The summed E-state index contributed by atoms with van der Waals surface area (Å²) in [5, 5.41) is 6.29. The van der Waals surface area contributed by atoms with E-state index in [-0.39, 0.29) is 17.5 Å². The molecular weight excluding hydrogens is 524 g/mol. The van der Waals surface area contributed by atoms with Gasteiger partial charge in [-0.15, -0.1) is 11.3 Å². The Bertz CT molecular complexity index is 1850. The zero-order chi connectivity index (χ0) is 28.0. The van der Waals surface area contributed by atoms with Crippen LogP contribution in [0.15, 0.2) is 72.9 Å². The molecule has 0 amide bonds. The molecular formula is C29H26N8O2S. The van der Waals surface area contributed by atoms with Crippen LogP contribution >= 0.6 is 11.3 Å². The maximum atomic E-state index is 12.5. The first-order valence-corrected chi connectivity index (χ1v) is 13.4. The Hall–Kier alpha value is -4.90. The standard InChI is InChI=1S/C29H26N8O2S/c1-29(2,3)37-24-8-5-17(19-13-32-28(30)33-14-19)12-22(24)35-26(37)21-11-18(6-7-23(21)36-16-31-15-34-36)20-9-10-40-25(20)27(38)39-4/h5-16H,1-4H3,(H2,30,32,33). The molecule has 0 saturated carbocycles. The topological polar surface area (TPSA) is 127 Å². The van der Waals surface area contributed by atoms with Crippen LogP contribution < -0.4 is 5.73 Å². The van der Waals surface area contributed by atoms with Gasteiger partial charge in [-0.1, -0.05) is 12.1 Å². The largest absolute Gasteiger partial charge is 0.465 e. The second kappa shape index (κ2) is 9.69. The molecule has 200 valence electrons. The number of anilines is 1. The molecule has 6 rings (SSSR count). The van der Waals surface area contributed by atoms with Crippen LogP contribution in [0, 0.1) is 0 Å². The van der Waals surface area contributed by atoms with E-state index in [1.54, 1.807) is 23.4 Å². The lowest BCUT2D eigenvalue weighted by atomic mass is 10.0. The molecule has 0 aliphatic carbocycles. The fourth-order valence-corrected chi connectivity index (χ4v) is 5.64. The molecule has 2 N–H and O–H groups in total. The zero-order valence-electron chi connectivity index (χ0n) is 22.4. The lowest BCUT2D eigenvalue weighted by Gasteiger charge is -2.25. The lowest BCUT2D eigenvalue weighted by Crippen LogP contribution is -2.23. The van der Waals surface area contributed by atoms with Crippen LogP contribution in [-0.2, 0) is 10.3 Å². The first-order chi connectivity index (χ1) is 19.2. The molecule has 2 aromatic carbocycles. The number of thiophene rings is 1. The summed E-state index contributed by atoms with van der Waals surface area (Å²) in [6, 6.07) is 14.1. The fraction of sp³-hybridized carbons (Fsp3) is 0.172. The molecule has 0 saturated heterocycles. The maximum absolute atomic E-state index is 12.5. The van der Waals surface area contributed by atoms with Gasteiger partial charge in [-0.25, -0.2) is 29.4 Å². The van der Waals surface area contributed by atoms with Crippen molar-refractivity contribution in [2.75, 3.05) is 12.8 Å². The highest BCUT2D eigenvalue weighted by molar-refractivity contribution is 7.12. The molecule has 10 nitrogen and oxygen atoms in total. The number of methoxy groups -OCH3 is 1. The number of aromatic nitrogens is 7. The van der Waals surface area contributed by atoms with Gasteiger partial charge in [0.05, 0.1) is 23.8 Å². The second-order valence-electron chi connectivity index (χ2n) is 10.2. The summed E-state index contributed by atoms with van der Waals surface area (Å²) in [6.07, 6.45) is 6.57. The Balaban J connectivity index is 1.61. The van der Waals surface area contributed by atoms with Crippen molar-refractivity contribution >= 4 is 34.3 Å². The van der Waals surface area contributed by atoms with Crippen molar-refractivity contribution in [3.8, 4) is 39.3 Å². The molecule has 4 heterocycles. The van der Waals surface area contributed by atoms with Gasteiger partial charge >= 0.3 is 5.97 Å². The minimum absolute atomic E-state index is 0.227. The number of ether oxygens (including phenoxy) is 1. The van der Waals surface area contributed by atoms with E-state index >= 15 is 0 Å². The molecule has 0 atom stereocenters. The number of nitrogens with two attached hydrogens (primary N) is 1. The molecule has 4 aromatic heterocycles. The number of esters is 1. The van der Waals surface area contributed by atoms with Crippen LogP contribution in [0.4, 0.5) is 5.95 Å². The predicted octanol–water partition coefficient (Wildman–Crippen LogP) is 5.59. The summed E-state index contributed by atoms with van der Waals surface area (Å²) in [6.45, 7) is 6.44. The highest BCUT2D eigenvalue weighted by Gasteiger charge is 2.26. The average molecular weight is 551 g/mol. The van der Waals surface area contributed by atoms with E-state index in [1.807, 2.05) is 41.8 Å². The minimum Gasteiger partial charge on any atom is -0.465 e. The molecule has 11 heteroatoms. The number of nitrogen functional groups attached to an aromatic ring is 1. The molecule has 0 unspecified atom stereocenters. The van der Waals surface area contributed by atoms with Gasteiger partial charge < -0.3 is 15.0 Å². The van der Waals surface area contributed by atoms with Gasteiger partial charge in [-0.3, -0.25) is 0 Å². The van der Waals surface area contributed by atoms with Gasteiger partial charge in [0.2, 0.25) is 5.95 Å². The SMILES string of the molecule is COC(=O)c1sccc1-c1ccc(-n2cncn2)c(-c2nc3cc(-c4cnc(N)nc4)ccc3n2C(C)(C)C)c1. The van der Waals surface area contributed by atoms with Crippen LogP contribution in [0.25, 0.3) is 50.4 Å². The molecule has 0 spiro atoms. The number of hydrogen-bond acceptors (Lipinski definition) is 9. The molecule has 40 heavy (non-hydrogen) atoms. The maximum Gasteiger partial charge on any atom is 0.348 e. The summed E-state index contributed by atoms with van der Waals surface area (Å²) in [7, 11) is 1.39. The van der Waals surface area contributed by atoms with Crippen molar-refractivity contribution in [3.63, 3.8) is 0 Å². The second-order valence-corrected chi connectivity index (χ2v) is 11.1. The number of fused-ring (bicyclic) bond motifs is 1. The Labute approximate surface area is 234 Å². The summed E-state index contributed by atoms with van der Waals surface area (Å²) in [4.78, 5) is 30.6. The Morgan fingerprint density at radius 3 is 2.45 bits per heavy atom. The van der Waals surface area contributed by atoms with Gasteiger partial charge in [0.15, 0.2) is 0 Å². The third-order valence-electron chi connectivity index (χ3n) is 6.58. The van der Waals surface area contributed by atoms with Crippen molar-refractivity contribution < 1.29 is 9.53 Å². The first kappa shape index (κ1) is 25.4. The Kier molecular flexibility index (Phi) is 6.15. The quantitative estimate of drug-likeness (QED) is 0.275. The number of imidazole rings is 1. The zero-order valence-corrected chi connectivity index (χ0v) is 23.2. The van der Waals surface area contributed by atoms with Crippen LogP contribution in [-0.4, -0.2) is 47.4 Å². The van der Waals surface area contributed by atoms with Gasteiger partial charge in [0.1, 0.15) is 23.4 Å². The average Bonchev–Trinajstić information content (AvgIpc) is 3.71. The highest BCUT2D eigenvalue weighted by atomic mass is 32.1. The van der Waals surface area contributed by atoms with Crippen molar-refractivity contribution in [1.29, 1.82) is 0 Å². The minimum atomic E-state index is -0.368. The number of carbonyl (C=O) groups excluding carboxylic acids is 1. The van der Waals surface area contributed by atoms with Gasteiger partial charge in [-0.05, 0) is 67.6 Å². The molecule has 0 aliphatic heterocycles. The third-order valence-corrected chi connectivity index (χ3v) is 7.47. The van der Waals surface area contributed by atoms with E-state index in [9.17, 15) is 4.79 Å². The van der Waals surface area contributed by atoms with Crippen molar-refractivity contribution in [1.82, 2.24) is 34.3 Å². The van der Waals surface area contributed by atoms with Crippen LogP contribution in [0.2, 0.25) is 0 Å². The van der Waals surface area contributed by atoms with E-state index in [2.05, 4.69) is 51.5 Å². The number of rotatable bonds is 5. The monoisotopic (exact) mass is 550 g/mol. The van der Waals surface area contributed by atoms with E-state index in [0.717, 1.165) is 50.4 Å². The summed E-state index contributed by atoms with van der Waals surface area (Å²) < 4.78 is 8.97. The van der Waals surface area contributed by atoms with E-state index in [0.29, 0.717) is 4.88 Å². The summed E-state index contributed by atoms with van der Waals surface area (Å²) in [5.41, 5.74) is 12.3. The van der Waals surface area contributed by atoms with E-state index < -0.39 is 0 Å². The molecule has 0 bridgehead atoms. The van der Waals surface area contributed by atoms with Crippen LogP contribution in [0.5, 0.6) is 0 Å². The Morgan fingerprint density at radius 1 is 0.975 bits per heavy atom. The number of hydrogen-bond donors (Lipinski definition) is 1. The van der Waals surface area contributed by atoms with Crippen LogP contribution in [0.1, 0.15) is 30.4 Å². The van der Waals surface area contributed by atoms with Gasteiger partial charge in [0.25, 0.3) is 0 Å². The molecule has 0 aliphatic rings. The normalized spacial score (nSPS) is 11.7. The molecule has 6 aromatic rings. The van der Waals surface area contributed by atoms with Crippen LogP contribution in [0.3, 0.4) is 0 Å². The van der Waals surface area contributed by atoms with Crippen molar-refractivity contribution in [3.05, 3.63) is 77.8 Å². The van der Waals surface area contributed by atoms with E-state index in [4.69, 9.17) is 15.5 Å². The third kappa shape index (κ3) is 4.39. The highest BCUT2D eigenvalue weighted by Crippen LogP contribution is 2.38. The Morgan fingerprint density at radius 2 is 1.75 bits per heavy atom. The van der Waals surface area contributed by atoms with Crippen molar-refractivity contribution in [2.24, 2.45) is 0 Å². The summed E-state index contributed by atoms with van der Waals surface area (Å²) in [5.74, 6) is 0.619. The predicted molar refractivity (Wildman–Crippen MR) is 155 cm³/mol. The van der Waals surface area contributed by atoms with E-state index in [1.165, 1.54) is 24.8 Å². The smallest absolute Gasteiger partial charge is 0.348 e. The number of benzene rings is 2. The lowest BCUT2D eigenvalue weighted by molar-refractivity contribution is 0.0607. The van der Waals surface area contributed by atoms with Gasteiger partial charge in [0, 0.05) is 34.6 Å². The first-order valence-electron chi connectivity index (χ1n) is 12.5. The molecule has 0 fully saturated rings. The molecule has 0 radical (unpaired) electrons. The number of carbonyl (C=O) groups is 1.